The van der Waals surface area contributed by atoms with Gasteiger partial charge in [0.2, 0.25) is 5.88 Å². The van der Waals surface area contributed by atoms with E-state index in [4.69, 9.17) is 16.3 Å². The van der Waals surface area contributed by atoms with Crippen LogP contribution in [0.3, 0.4) is 0 Å². The molecule has 0 bridgehead atoms. The van der Waals surface area contributed by atoms with Gasteiger partial charge in [0, 0.05) is 35.6 Å². The smallest absolute Gasteiger partial charge is 0.213 e. The first kappa shape index (κ1) is 13.8. The third-order valence-corrected chi connectivity index (χ3v) is 3.66. The first-order chi connectivity index (χ1) is 10.1. The second-order valence-electron chi connectivity index (χ2n) is 5.01. The maximum Gasteiger partial charge on any atom is 0.213 e. The largest absolute Gasteiger partial charge is 0.481 e. The highest BCUT2D eigenvalue weighted by Gasteiger charge is 2.13. The van der Waals surface area contributed by atoms with Crippen LogP contribution in [0.1, 0.15) is 19.9 Å². The molecule has 0 saturated heterocycles. The van der Waals surface area contributed by atoms with Crippen LogP contribution in [0.2, 0.25) is 5.02 Å². The quantitative estimate of drug-likeness (QED) is 0.739. The molecule has 0 amide bonds. The van der Waals surface area contributed by atoms with Crippen molar-refractivity contribution < 1.29 is 4.74 Å². The Morgan fingerprint density at radius 2 is 2.05 bits per heavy atom. The van der Waals surface area contributed by atoms with Gasteiger partial charge in [-0.05, 0) is 19.9 Å². The van der Waals surface area contributed by atoms with Gasteiger partial charge in [-0.2, -0.15) is 5.10 Å². The Hall–Kier alpha value is -2.14. The molecule has 0 saturated carbocycles. The van der Waals surface area contributed by atoms with Crippen LogP contribution < -0.4 is 4.74 Å². The van der Waals surface area contributed by atoms with Gasteiger partial charge in [0.15, 0.2) is 0 Å². The summed E-state index contributed by atoms with van der Waals surface area (Å²) in [5.41, 5.74) is 3.11. The molecule has 21 heavy (non-hydrogen) atoms. The van der Waals surface area contributed by atoms with E-state index in [0.717, 1.165) is 16.6 Å². The van der Waals surface area contributed by atoms with Crippen molar-refractivity contribution in [1.82, 2.24) is 19.7 Å². The summed E-state index contributed by atoms with van der Waals surface area (Å²) >= 11 is 6.50. The van der Waals surface area contributed by atoms with Crippen molar-refractivity contribution in [2.45, 2.75) is 19.9 Å². The second kappa shape index (κ2) is 5.33. The van der Waals surface area contributed by atoms with E-state index in [-0.39, 0.29) is 0 Å². The molecule has 3 rings (SSSR count). The van der Waals surface area contributed by atoms with Crippen LogP contribution in [-0.4, -0.2) is 26.9 Å². The summed E-state index contributed by atoms with van der Waals surface area (Å²) in [6.45, 7) is 4.15. The van der Waals surface area contributed by atoms with E-state index in [1.54, 1.807) is 25.6 Å². The summed E-state index contributed by atoms with van der Waals surface area (Å²) in [7, 11) is 1.58. The molecule has 3 heterocycles. The highest BCUT2D eigenvalue weighted by atomic mass is 35.5. The number of fused-ring (bicyclic) bond motifs is 1. The molecule has 3 aromatic rings. The van der Waals surface area contributed by atoms with E-state index in [1.165, 1.54) is 0 Å². The van der Waals surface area contributed by atoms with E-state index in [0.29, 0.717) is 22.5 Å². The average molecular weight is 303 g/mol. The molecule has 0 radical (unpaired) electrons. The van der Waals surface area contributed by atoms with Gasteiger partial charge in [0.1, 0.15) is 5.52 Å². The number of nitrogens with zero attached hydrogens (tertiary/aromatic N) is 4. The predicted molar refractivity (Wildman–Crippen MR) is 82.7 cm³/mol. The van der Waals surface area contributed by atoms with E-state index in [2.05, 4.69) is 28.9 Å². The molecule has 3 aromatic heterocycles. The van der Waals surface area contributed by atoms with Crippen molar-refractivity contribution in [2.24, 2.45) is 0 Å². The Morgan fingerprint density at radius 3 is 2.71 bits per heavy atom. The normalized spacial score (nSPS) is 11.3. The van der Waals surface area contributed by atoms with Crippen LogP contribution in [0.25, 0.3) is 22.2 Å². The lowest BCUT2D eigenvalue weighted by molar-refractivity contribution is 0.399. The zero-order chi connectivity index (χ0) is 15.0. The van der Waals surface area contributed by atoms with E-state index >= 15 is 0 Å². The summed E-state index contributed by atoms with van der Waals surface area (Å²) in [6, 6.07) is 3.90. The molecule has 5 nitrogen and oxygen atoms in total. The van der Waals surface area contributed by atoms with Crippen LogP contribution in [0.4, 0.5) is 0 Å². The second-order valence-corrected chi connectivity index (χ2v) is 5.39. The van der Waals surface area contributed by atoms with Crippen molar-refractivity contribution in [1.29, 1.82) is 0 Å². The molecular formula is C15H15ClN4O. The fourth-order valence-corrected chi connectivity index (χ4v) is 2.39. The predicted octanol–water partition coefficient (Wildman–Crippen LogP) is 3.74. The highest BCUT2D eigenvalue weighted by Crippen LogP contribution is 2.33. The summed E-state index contributed by atoms with van der Waals surface area (Å²) in [5.74, 6) is 0.515. The monoisotopic (exact) mass is 302 g/mol. The Morgan fingerprint density at radius 1 is 1.24 bits per heavy atom. The van der Waals surface area contributed by atoms with E-state index < -0.39 is 0 Å². The summed E-state index contributed by atoms with van der Waals surface area (Å²) in [6.07, 6.45) is 5.50. The maximum atomic E-state index is 6.50. The SMILES string of the molecule is COc1ccc2ncc(-c3cnn(C(C)C)c3)c(Cl)c2n1. The van der Waals surface area contributed by atoms with Crippen molar-refractivity contribution in [3.63, 3.8) is 0 Å². The number of methoxy groups -OCH3 is 1. The van der Waals surface area contributed by atoms with Gasteiger partial charge >= 0.3 is 0 Å². The molecule has 0 aromatic carbocycles. The highest BCUT2D eigenvalue weighted by molar-refractivity contribution is 6.37. The lowest BCUT2D eigenvalue weighted by Gasteiger charge is -2.07. The first-order valence-corrected chi connectivity index (χ1v) is 7.01. The summed E-state index contributed by atoms with van der Waals surface area (Å²) in [4.78, 5) is 8.79. The minimum Gasteiger partial charge on any atom is -0.481 e. The number of ether oxygens (including phenoxy) is 1. The summed E-state index contributed by atoms with van der Waals surface area (Å²) in [5, 5.41) is 4.89. The fraction of sp³-hybridized carbons (Fsp3) is 0.267. The van der Waals surface area contributed by atoms with Gasteiger partial charge in [-0.25, -0.2) is 4.98 Å². The molecule has 0 atom stereocenters. The first-order valence-electron chi connectivity index (χ1n) is 6.64. The molecule has 0 fully saturated rings. The third-order valence-electron chi connectivity index (χ3n) is 3.28. The Labute approximate surface area is 127 Å². The lowest BCUT2D eigenvalue weighted by Crippen LogP contribution is -1.99. The number of halogens is 1. The Kier molecular flexibility index (Phi) is 3.51. The molecule has 108 valence electrons. The van der Waals surface area contributed by atoms with E-state index in [9.17, 15) is 0 Å². The number of hydrogen-bond acceptors (Lipinski definition) is 4. The number of hydrogen-bond donors (Lipinski definition) is 0. The number of aromatic nitrogens is 4. The topological polar surface area (TPSA) is 52.8 Å². The van der Waals surface area contributed by atoms with Gasteiger partial charge in [-0.3, -0.25) is 9.67 Å². The standard InChI is InChI=1S/C15H15ClN4O/c1-9(2)20-8-10(6-18-20)11-7-17-12-4-5-13(21-3)19-15(12)14(11)16/h4-9H,1-3H3. The van der Waals surface area contributed by atoms with Gasteiger partial charge in [-0.15, -0.1) is 0 Å². The van der Waals surface area contributed by atoms with Crippen LogP contribution >= 0.6 is 11.6 Å². The van der Waals surface area contributed by atoms with Crippen molar-refractivity contribution in [3.05, 3.63) is 35.7 Å². The molecule has 0 spiro atoms. The van der Waals surface area contributed by atoms with Gasteiger partial charge in [0.25, 0.3) is 0 Å². The Bertz CT molecular complexity index is 797. The number of rotatable bonds is 3. The zero-order valence-corrected chi connectivity index (χ0v) is 12.8. The molecule has 0 aliphatic carbocycles. The third kappa shape index (κ3) is 2.45. The molecule has 0 N–H and O–H groups in total. The fourth-order valence-electron chi connectivity index (χ4n) is 2.09. The minimum atomic E-state index is 0.296. The minimum absolute atomic E-state index is 0.296. The lowest BCUT2D eigenvalue weighted by atomic mass is 10.1. The van der Waals surface area contributed by atoms with Crippen LogP contribution in [0, 0.1) is 0 Å². The van der Waals surface area contributed by atoms with E-state index in [1.807, 2.05) is 16.9 Å². The zero-order valence-electron chi connectivity index (χ0n) is 12.0. The van der Waals surface area contributed by atoms with Crippen LogP contribution in [0.15, 0.2) is 30.7 Å². The van der Waals surface area contributed by atoms with Crippen LogP contribution in [0.5, 0.6) is 5.88 Å². The maximum absolute atomic E-state index is 6.50. The van der Waals surface area contributed by atoms with Gasteiger partial charge in [-0.1, -0.05) is 11.6 Å². The molecule has 0 aliphatic rings. The number of pyridine rings is 2. The molecular weight excluding hydrogens is 288 g/mol. The summed E-state index contributed by atoms with van der Waals surface area (Å²) < 4.78 is 7.03. The average Bonchev–Trinajstić information content (AvgIpc) is 2.97. The van der Waals surface area contributed by atoms with Crippen molar-refractivity contribution >= 4 is 22.6 Å². The Balaban J connectivity index is 2.16. The molecule has 0 aliphatic heterocycles. The molecule has 0 unspecified atom stereocenters. The van der Waals surface area contributed by atoms with Crippen molar-refractivity contribution in [2.75, 3.05) is 7.11 Å². The van der Waals surface area contributed by atoms with Crippen LogP contribution in [-0.2, 0) is 0 Å². The molecule has 6 heteroatoms. The van der Waals surface area contributed by atoms with Gasteiger partial charge < -0.3 is 4.74 Å². The van der Waals surface area contributed by atoms with Gasteiger partial charge in [0.05, 0.1) is 23.8 Å². The van der Waals surface area contributed by atoms with Crippen molar-refractivity contribution in [3.8, 4) is 17.0 Å².